The highest BCUT2D eigenvalue weighted by Gasteiger charge is 2.49. The maximum Gasteiger partial charge on any atom is 0.317 e. The number of ether oxygens (including phenoxy) is 2. The molecule has 0 bridgehead atoms. The summed E-state index contributed by atoms with van der Waals surface area (Å²) < 4.78 is 12.0. The molecule has 2 heterocycles. The quantitative estimate of drug-likeness (QED) is 0.666. The van der Waals surface area contributed by atoms with E-state index in [0.717, 1.165) is 71.4 Å². The van der Waals surface area contributed by atoms with Gasteiger partial charge in [-0.15, -0.1) is 0 Å². The van der Waals surface area contributed by atoms with Crippen LogP contribution in [0.3, 0.4) is 0 Å². The van der Waals surface area contributed by atoms with Crippen LogP contribution in [0.15, 0.2) is 0 Å². The number of nitrogens with one attached hydrogen (secondary N) is 1. The van der Waals surface area contributed by atoms with Crippen LogP contribution in [0.2, 0.25) is 0 Å². The van der Waals surface area contributed by atoms with E-state index in [2.05, 4.69) is 42.9 Å². The Kier molecular flexibility index (Phi) is 8.19. The number of hydrogen-bond acceptors (Lipinski definition) is 5. The van der Waals surface area contributed by atoms with Crippen LogP contribution in [0.1, 0.15) is 52.9 Å². The number of likely N-dealkylation sites (tertiary alicyclic amines) is 1. The molecule has 0 aromatic rings. The van der Waals surface area contributed by atoms with Gasteiger partial charge in [0, 0.05) is 51.1 Å². The Bertz CT molecular complexity index is 526. The van der Waals surface area contributed by atoms with Crippen molar-refractivity contribution in [2.45, 2.75) is 70.7 Å². The highest BCUT2D eigenvalue weighted by molar-refractivity contribution is 5.74. The first kappa shape index (κ1) is 22.8. The van der Waals surface area contributed by atoms with Gasteiger partial charge < -0.3 is 24.6 Å². The molecule has 7 nitrogen and oxygen atoms in total. The Labute approximate surface area is 177 Å². The van der Waals surface area contributed by atoms with Crippen molar-refractivity contribution >= 4 is 6.03 Å². The Hall–Kier alpha value is -0.890. The summed E-state index contributed by atoms with van der Waals surface area (Å²) in [5, 5.41) is 3.36. The summed E-state index contributed by atoms with van der Waals surface area (Å²) in [5.74, 6) is 0.166. The molecule has 1 aliphatic carbocycles. The first-order chi connectivity index (χ1) is 14.0. The molecule has 3 rings (SSSR count). The molecule has 1 N–H and O–H groups in total. The number of rotatable bonds is 8. The number of carbonyl (C=O) groups is 1. The van der Waals surface area contributed by atoms with Crippen LogP contribution in [0.5, 0.6) is 0 Å². The van der Waals surface area contributed by atoms with Gasteiger partial charge in [0.25, 0.3) is 0 Å². The van der Waals surface area contributed by atoms with Crippen LogP contribution < -0.4 is 5.32 Å². The monoisotopic (exact) mass is 410 g/mol. The molecule has 1 saturated carbocycles. The number of hydrogen-bond donors (Lipinski definition) is 1. The zero-order chi connectivity index (χ0) is 20.9. The normalized spacial score (nSPS) is 29.2. The van der Waals surface area contributed by atoms with Gasteiger partial charge in [-0.25, -0.2) is 4.79 Å². The molecular weight excluding hydrogens is 368 g/mol. The molecule has 0 radical (unpaired) electrons. The van der Waals surface area contributed by atoms with Gasteiger partial charge >= 0.3 is 6.03 Å². The molecule has 2 saturated heterocycles. The number of likely N-dealkylation sites (N-methyl/N-ethyl adjacent to an activating group) is 2. The predicted molar refractivity (Wildman–Crippen MR) is 115 cm³/mol. The van der Waals surface area contributed by atoms with Crippen molar-refractivity contribution in [1.82, 2.24) is 20.0 Å². The molecule has 168 valence electrons. The summed E-state index contributed by atoms with van der Waals surface area (Å²) in [6.07, 6.45) is 5.27. The summed E-state index contributed by atoms with van der Waals surface area (Å²) >= 11 is 0. The summed E-state index contributed by atoms with van der Waals surface area (Å²) in [6.45, 7) is 13.4. The van der Waals surface area contributed by atoms with E-state index in [1.165, 1.54) is 0 Å². The number of carbonyl (C=O) groups excluding carboxylic acids is 1. The van der Waals surface area contributed by atoms with Crippen molar-refractivity contribution in [1.29, 1.82) is 0 Å². The molecule has 2 amide bonds. The van der Waals surface area contributed by atoms with E-state index < -0.39 is 0 Å². The van der Waals surface area contributed by atoms with E-state index in [0.29, 0.717) is 25.2 Å². The van der Waals surface area contributed by atoms with E-state index in [9.17, 15) is 4.79 Å². The molecule has 3 atom stereocenters. The van der Waals surface area contributed by atoms with Gasteiger partial charge in [0.2, 0.25) is 0 Å². The molecular formula is C22H42N4O3. The standard InChI is InChI=1S/C22H42N4O3/c1-5-10-26-17-19(23-21(27)25(7-3)12-11-24(4)6-2)15-18-16-22(9-8-20(18)26)28-13-14-29-22/h18-20H,5-17H2,1-4H3,(H,23,27)/t18-,19+,20-/m1/s1. The number of piperidine rings is 1. The van der Waals surface area contributed by atoms with Crippen molar-refractivity contribution in [3.8, 4) is 0 Å². The second-order valence-corrected chi connectivity index (χ2v) is 9.03. The van der Waals surface area contributed by atoms with Crippen molar-refractivity contribution in [2.75, 3.05) is 59.5 Å². The van der Waals surface area contributed by atoms with Crippen LogP contribution in [0.25, 0.3) is 0 Å². The van der Waals surface area contributed by atoms with Gasteiger partial charge in [0.05, 0.1) is 13.2 Å². The van der Waals surface area contributed by atoms with Gasteiger partial charge in [-0.05, 0) is 52.2 Å². The fourth-order valence-electron chi connectivity index (χ4n) is 5.35. The Morgan fingerprint density at radius 2 is 1.93 bits per heavy atom. The molecule has 3 aliphatic rings. The molecule has 29 heavy (non-hydrogen) atoms. The summed E-state index contributed by atoms with van der Waals surface area (Å²) in [4.78, 5) is 19.7. The molecule has 0 aromatic carbocycles. The minimum atomic E-state index is -0.356. The van der Waals surface area contributed by atoms with Gasteiger partial charge in [0.1, 0.15) is 0 Å². The Morgan fingerprint density at radius 3 is 2.59 bits per heavy atom. The largest absolute Gasteiger partial charge is 0.348 e. The highest BCUT2D eigenvalue weighted by atomic mass is 16.7. The minimum Gasteiger partial charge on any atom is -0.348 e. The number of nitrogens with zero attached hydrogens (tertiary/aromatic N) is 3. The highest BCUT2D eigenvalue weighted by Crippen LogP contribution is 2.44. The maximum atomic E-state index is 12.9. The van der Waals surface area contributed by atoms with Gasteiger partial charge in [-0.1, -0.05) is 13.8 Å². The second-order valence-electron chi connectivity index (χ2n) is 9.03. The van der Waals surface area contributed by atoms with Crippen molar-refractivity contribution in [3.05, 3.63) is 0 Å². The van der Waals surface area contributed by atoms with E-state index in [1.54, 1.807) is 0 Å². The summed E-state index contributed by atoms with van der Waals surface area (Å²) in [7, 11) is 2.10. The van der Waals surface area contributed by atoms with E-state index in [-0.39, 0.29) is 17.9 Å². The van der Waals surface area contributed by atoms with Crippen molar-refractivity contribution in [3.63, 3.8) is 0 Å². The SMILES string of the molecule is CCCN1C[C@@H](NC(=O)N(CC)CCN(C)CC)C[C@@H]2CC3(CC[C@H]21)OCCO3. The number of fused-ring (bicyclic) bond motifs is 1. The molecule has 0 unspecified atom stereocenters. The molecule has 1 spiro atoms. The number of urea groups is 1. The molecule has 2 aliphatic heterocycles. The lowest BCUT2D eigenvalue weighted by molar-refractivity contribution is -0.201. The van der Waals surface area contributed by atoms with E-state index in [4.69, 9.17) is 9.47 Å². The third-order valence-electron chi connectivity index (χ3n) is 7.06. The van der Waals surface area contributed by atoms with Gasteiger partial charge in [-0.3, -0.25) is 4.90 Å². The Morgan fingerprint density at radius 1 is 1.17 bits per heavy atom. The minimum absolute atomic E-state index is 0.0794. The molecule has 7 heteroatoms. The first-order valence-electron chi connectivity index (χ1n) is 11.8. The van der Waals surface area contributed by atoms with Crippen LogP contribution in [-0.4, -0.2) is 98.1 Å². The summed E-state index contributed by atoms with van der Waals surface area (Å²) in [6, 6.07) is 0.877. The van der Waals surface area contributed by atoms with Crippen molar-refractivity contribution < 1.29 is 14.3 Å². The van der Waals surface area contributed by atoms with E-state index in [1.807, 2.05) is 4.90 Å². The van der Waals surface area contributed by atoms with Crippen LogP contribution >= 0.6 is 0 Å². The van der Waals surface area contributed by atoms with Crippen molar-refractivity contribution in [2.24, 2.45) is 5.92 Å². The number of amides is 2. The van der Waals surface area contributed by atoms with Crippen LogP contribution in [-0.2, 0) is 9.47 Å². The fraction of sp³-hybridized carbons (Fsp3) is 0.955. The van der Waals surface area contributed by atoms with E-state index >= 15 is 0 Å². The lowest BCUT2D eigenvalue weighted by atomic mass is 9.74. The first-order valence-corrected chi connectivity index (χ1v) is 11.8. The predicted octanol–water partition coefficient (Wildman–Crippen LogP) is 2.37. The second kappa shape index (κ2) is 10.4. The Balaban J connectivity index is 1.60. The average molecular weight is 411 g/mol. The maximum absolute atomic E-state index is 12.9. The third-order valence-corrected chi connectivity index (χ3v) is 7.06. The fourth-order valence-corrected chi connectivity index (χ4v) is 5.35. The molecule has 0 aromatic heterocycles. The average Bonchev–Trinajstić information content (AvgIpc) is 3.15. The summed E-state index contributed by atoms with van der Waals surface area (Å²) in [5.41, 5.74) is 0. The lowest BCUT2D eigenvalue weighted by Crippen LogP contribution is -2.60. The topological polar surface area (TPSA) is 57.3 Å². The zero-order valence-electron chi connectivity index (χ0n) is 19.0. The van der Waals surface area contributed by atoms with Gasteiger partial charge in [0.15, 0.2) is 5.79 Å². The third kappa shape index (κ3) is 5.63. The lowest BCUT2D eigenvalue weighted by Gasteiger charge is -2.51. The zero-order valence-corrected chi connectivity index (χ0v) is 19.0. The smallest absolute Gasteiger partial charge is 0.317 e. The van der Waals surface area contributed by atoms with Crippen LogP contribution in [0, 0.1) is 5.92 Å². The molecule has 3 fully saturated rings. The van der Waals surface area contributed by atoms with Crippen LogP contribution in [0.4, 0.5) is 4.79 Å². The van der Waals surface area contributed by atoms with Gasteiger partial charge in [-0.2, -0.15) is 0 Å².